The van der Waals surface area contributed by atoms with Gasteiger partial charge in [0, 0.05) is 30.4 Å². The van der Waals surface area contributed by atoms with E-state index in [1.807, 2.05) is 31.2 Å². The highest BCUT2D eigenvalue weighted by atomic mass is 32.2. The maximum absolute atomic E-state index is 13.3. The molecule has 2 heterocycles. The number of hydrogen-bond acceptors (Lipinski definition) is 6. The molecule has 0 aliphatic carbocycles. The van der Waals surface area contributed by atoms with Gasteiger partial charge < -0.3 is 10.1 Å². The van der Waals surface area contributed by atoms with Gasteiger partial charge in [-0.25, -0.2) is 8.42 Å². The molecule has 1 unspecified atom stereocenters. The monoisotopic (exact) mass is 445 g/mol. The number of sulfonamides is 1. The molecule has 1 saturated heterocycles. The summed E-state index contributed by atoms with van der Waals surface area (Å²) in [6, 6.07) is 10.7. The van der Waals surface area contributed by atoms with Crippen LogP contribution in [0, 0.1) is 12.8 Å². The van der Waals surface area contributed by atoms with E-state index < -0.39 is 15.9 Å². The summed E-state index contributed by atoms with van der Waals surface area (Å²) in [5, 5.41) is 3.90. The van der Waals surface area contributed by atoms with Gasteiger partial charge in [0.05, 0.1) is 17.7 Å². The molecule has 9 heteroatoms. The van der Waals surface area contributed by atoms with Crippen LogP contribution in [0.25, 0.3) is 10.1 Å². The van der Waals surface area contributed by atoms with Crippen molar-refractivity contribution in [1.82, 2.24) is 8.68 Å². The second-order valence-electron chi connectivity index (χ2n) is 7.42. The minimum atomic E-state index is -3.77. The van der Waals surface area contributed by atoms with Crippen LogP contribution in [0.3, 0.4) is 0 Å². The third kappa shape index (κ3) is 4.05. The Morgan fingerprint density at radius 3 is 2.90 bits per heavy atom. The number of carbonyl (C=O) groups excluding carboxylic acids is 1. The fourth-order valence-electron chi connectivity index (χ4n) is 3.69. The summed E-state index contributed by atoms with van der Waals surface area (Å²) in [5.41, 5.74) is 1.52. The summed E-state index contributed by atoms with van der Waals surface area (Å²) in [6.07, 6.45) is 3.03. The predicted octanol–water partition coefficient (Wildman–Crippen LogP) is 3.65. The molecule has 1 aliphatic heterocycles. The standard InChI is InChI=1S/C21H23N3O4S2/c1-14-5-7-18(28-2)20(10-14)30(26,27)24-9-3-4-15(13-24)21(25)23-17-6-8-19-16(11-17)12-22-29-19/h5-8,10-12,15H,3-4,9,13H2,1-2H3,(H,23,25). The summed E-state index contributed by atoms with van der Waals surface area (Å²) in [7, 11) is -2.31. The number of aromatic nitrogens is 1. The molecule has 0 radical (unpaired) electrons. The Balaban J connectivity index is 1.52. The lowest BCUT2D eigenvalue weighted by Gasteiger charge is -2.31. The highest BCUT2D eigenvalue weighted by molar-refractivity contribution is 7.89. The molecule has 7 nitrogen and oxygen atoms in total. The second kappa shape index (κ2) is 8.33. The number of nitrogens with zero attached hydrogens (tertiary/aromatic N) is 2. The number of rotatable bonds is 5. The van der Waals surface area contributed by atoms with Crippen LogP contribution in [0.5, 0.6) is 5.75 Å². The van der Waals surface area contributed by atoms with Crippen LogP contribution in [-0.2, 0) is 14.8 Å². The SMILES string of the molecule is COc1ccc(C)cc1S(=O)(=O)N1CCCC(C(=O)Nc2ccc3sncc3c2)C1. The van der Waals surface area contributed by atoms with E-state index in [0.29, 0.717) is 30.8 Å². The van der Waals surface area contributed by atoms with E-state index in [-0.39, 0.29) is 17.3 Å². The van der Waals surface area contributed by atoms with Gasteiger partial charge in [0.1, 0.15) is 10.6 Å². The average Bonchev–Trinajstić information content (AvgIpc) is 3.21. The van der Waals surface area contributed by atoms with Crippen molar-refractivity contribution >= 4 is 43.2 Å². The molecule has 2 aromatic carbocycles. The van der Waals surface area contributed by atoms with Crippen molar-refractivity contribution < 1.29 is 17.9 Å². The molecule has 3 aromatic rings. The number of nitrogens with one attached hydrogen (secondary N) is 1. The number of aryl methyl sites for hydroxylation is 1. The summed E-state index contributed by atoms with van der Waals surface area (Å²) < 4.78 is 38.4. The van der Waals surface area contributed by atoms with E-state index in [9.17, 15) is 13.2 Å². The molecular formula is C21H23N3O4S2. The highest BCUT2D eigenvalue weighted by Crippen LogP contribution is 2.31. The van der Waals surface area contributed by atoms with Gasteiger partial charge in [-0.15, -0.1) is 0 Å². The Morgan fingerprint density at radius 1 is 1.27 bits per heavy atom. The lowest BCUT2D eigenvalue weighted by atomic mass is 9.98. The topological polar surface area (TPSA) is 88.6 Å². The molecule has 1 amide bonds. The Labute approximate surface area is 179 Å². The van der Waals surface area contributed by atoms with Crippen LogP contribution in [0.4, 0.5) is 5.69 Å². The van der Waals surface area contributed by atoms with Crippen molar-refractivity contribution in [2.24, 2.45) is 5.92 Å². The molecule has 158 valence electrons. The Morgan fingerprint density at radius 2 is 2.10 bits per heavy atom. The number of benzene rings is 2. The minimum Gasteiger partial charge on any atom is -0.495 e. The van der Waals surface area contributed by atoms with Gasteiger partial charge in [-0.1, -0.05) is 6.07 Å². The molecule has 1 atom stereocenters. The Kier molecular flexibility index (Phi) is 5.77. The van der Waals surface area contributed by atoms with E-state index in [1.165, 1.54) is 22.9 Å². The molecule has 1 N–H and O–H groups in total. The molecule has 1 fully saturated rings. The molecule has 0 bridgehead atoms. The summed E-state index contributed by atoms with van der Waals surface area (Å²) in [6.45, 7) is 2.37. The smallest absolute Gasteiger partial charge is 0.246 e. The van der Waals surface area contributed by atoms with E-state index in [4.69, 9.17) is 4.74 Å². The maximum atomic E-state index is 13.3. The molecule has 1 aromatic heterocycles. The minimum absolute atomic E-state index is 0.140. The number of ether oxygens (including phenoxy) is 1. The highest BCUT2D eigenvalue weighted by Gasteiger charge is 2.35. The van der Waals surface area contributed by atoms with Gasteiger partial charge in [-0.05, 0) is 67.2 Å². The van der Waals surface area contributed by atoms with Gasteiger partial charge in [-0.2, -0.15) is 8.68 Å². The molecule has 30 heavy (non-hydrogen) atoms. The number of anilines is 1. The third-order valence-electron chi connectivity index (χ3n) is 5.31. The van der Waals surface area contributed by atoms with Crippen LogP contribution >= 0.6 is 11.5 Å². The number of hydrogen-bond donors (Lipinski definition) is 1. The van der Waals surface area contributed by atoms with Gasteiger partial charge >= 0.3 is 0 Å². The number of methoxy groups -OCH3 is 1. The van der Waals surface area contributed by atoms with E-state index in [2.05, 4.69) is 9.69 Å². The molecule has 0 saturated carbocycles. The van der Waals surface area contributed by atoms with Gasteiger partial charge in [0.15, 0.2) is 0 Å². The molecule has 0 spiro atoms. The van der Waals surface area contributed by atoms with Gasteiger partial charge in [0.25, 0.3) is 0 Å². The van der Waals surface area contributed by atoms with Gasteiger partial charge in [0.2, 0.25) is 15.9 Å². The van der Waals surface area contributed by atoms with Crippen molar-refractivity contribution in [3.05, 3.63) is 48.2 Å². The quantitative estimate of drug-likeness (QED) is 0.648. The van der Waals surface area contributed by atoms with Crippen LogP contribution in [0.2, 0.25) is 0 Å². The van der Waals surface area contributed by atoms with Crippen molar-refractivity contribution in [1.29, 1.82) is 0 Å². The number of amides is 1. The van der Waals surface area contributed by atoms with Crippen molar-refractivity contribution in [2.75, 3.05) is 25.5 Å². The first-order chi connectivity index (χ1) is 14.4. The first-order valence-corrected chi connectivity index (χ1v) is 11.9. The van der Waals surface area contributed by atoms with E-state index in [0.717, 1.165) is 15.6 Å². The van der Waals surface area contributed by atoms with Crippen LogP contribution in [-0.4, -0.2) is 43.2 Å². The van der Waals surface area contributed by atoms with Gasteiger partial charge in [-0.3, -0.25) is 4.79 Å². The van der Waals surface area contributed by atoms with Crippen LogP contribution in [0.1, 0.15) is 18.4 Å². The number of piperidine rings is 1. The second-order valence-corrected chi connectivity index (χ2v) is 10.2. The van der Waals surface area contributed by atoms with Crippen molar-refractivity contribution in [3.63, 3.8) is 0 Å². The zero-order valence-corrected chi connectivity index (χ0v) is 18.4. The first-order valence-electron chi connectivity index (χ1n) is 9.68. The normalized spacial score (nSPS) is 17.7. The summed E-state index contributed by atoms with van der Waals surface area (Å²) in [4.78, 5) is 13.0. The predicted molar refractivity (Wildman–Crippen MR) is 117 cm³/mol. The summed E-state index contributed by atoms with van der Waals surface area (Å²) >= 11 is 1.40. The summed E-state index contributed by atoms with van der Waals surface area (Å²) in [5.74, 6) is -0.279. The Bertz CT molecular complexity index is 1190. The van der Waals surface area contributed by atoms with Crippen LogP contribution in [0.15, 0.2) is 47.5 Å². The first kappa shape index (κ1) is 20.8. The fourth-order valence-corrected chi connectivity index (χ4v) is 6.08. The maximum Gasteiger partial charge on any atom is 0.246 e. The van der Waals surface area contributed by atoms with E-state index in [1.54, 1.807) is 18.3 Å². The molecule has 4 rings (SSSR count). The lowest BCUT2D eigenvalue weighted by molar-refractivity contribution is -0.120. The number of carbonyl (C=O) groups is 1. The zero-order chi connectivity index (χ0) is 21.3. The van der Waals surface area contributed by atoms with Crippen molar-refractivity contribution in [3.8, 4) is 5.75 Å². The largest absolute Gasteiger partial charge is 0.495 e. The van der Waals surface area contributed by atoms with E-state index >= 15 is 0 Å². The number of fused-ring (bicyclic) bond motifs is 1. The fraction of sp³-hybridized carbons (Fsp3) is 0.333. The average molecular weight is 446 g/mol. The van der Waals surface area contributed by atoms with Crippen molar-refractivity contribution in [2.45, 2.75) is 24.7 Å². The lowest BCUT2D eigenvalue weighted by Crippen LogP contribution is -2.43. The Hall–Kier alpha value is -2.49. The zero-order valence-electron chi connectivity index (χ0n) is 16.8. The molecule has 1 aliphatic rings. The van der Waals surface area contributed by atoms with Crippen LogP contribution < -0.4 is 10.1 Å². The third-order valence-corrected chi connectivity index (χ3v) is 7.98. The molecular weight excluding hydrogens is 422 g/mol.